The van der Waals surface area contributed by atoms with Crippen LogP contribution in [-0.2, 0) is 4.79 Å². The number of nitrogens with two attached hydrogens (primary N) is 1. The molecule has 0 aliphatic carbocycles. The zero-order valence-corrected chi connectivity index (χ0v) is 6.37. The Morgan fingerprint density at radius 1 is 1.33 bits per heavy atom. The van der Waals surface area contributed by atoms with Crippen molar-refractivity contribution in [1.82, 2.24) is 0 Å². The number of rotatable bonds is 5. The second-order valence-corrected chi connectivity index (χ2v) is 2.44. The van der Waals surface area contributed by atoms with Crippen molar-refractivity contribution >= 4 is 6.29 Å². The van der Waals surface area contributed by atoms with Gasteiger partial charge in [-0.05, 0) is 0 Å². The van der Waals surface area contributed by atoms with E-state index in [9.17, 15) is 4.79 Å². The van der Waals surface area contributed by atoms with E-state index in [1.54, 1.807) is 0 Å². The fraction of sp³-hybridized carbons (Fsp3) is 0.833. The topological polar surface area (TPSA) is 124 Å². The lowest BCUT2D eigenvalue weighted by molar-refractivity contribution is -0.119. The monoisotopic (exact) mass is 179 g/mol. The summed E-state index contributed by atoms with van der Waals surface area (Å²) >= 11 is 0. The van der Waals surface area contributed by atoms with Gasteiger partial charge in [-0.3, -0.25) is 0 Å². The summed E-state index contributed by atoms with van der Waals surface area (Å²) in [5.41, 5.74) is 5.15. The van der Waals surface area contributed by atoms with Gasteiger partial charge in [0, 0.05) is 0 Å². The Morgan fingerprint density at radius 2 is 1.83 bits per heavy atom. The molecule has 0 bridgehead atoms. The molecule has 6 N–H and O–H groups in total. The summed E-state index contributed by atoms with van der Waals surface area (Å²) in [5, 5.41) is 35.0. The molecule has 72 valence electrons. The molecule has 0 aromatic heterocycles. The standard InChI is InChI=1S/C6H13NO5/c7-5(3(10)1-8)6(12)4(11)2-9/h1,3-6,9-12H,2,7H2/t3-,4+,5-,6+/m0/s1. The van der Waals surface area contributed by atoms with Gasteiger partial charge in [-0.2, -0.15) is 0 Å². The van der Waals surface area contributed by atoms with Crippen LogP contribution in [0.25, 0.3) is 0 Å². The zero-order chi connectivity index (χ0) is 9.72. The maximum Gasteiger partial charge on any atom is 0.150 e. The first-order chi connectivity index (χ1) is 5.54. The van der Waals surface area contributed by atoms with Gasteiger partial charge in [-0.1, -0.05) is 0 Å². The van der Waals surface area contributed by atoms with E-state index in [4.69, 9.17) is 26.2 Å². The SMILES string of the molecule is N[C@H]([C@H](O)[C@H](O)CO)[C@@H](O)C=O. The van der Waals surface area contributed by atoms with Crippen molar-refractivity contribution in [2.75, 3.05) is 6.61 Å². The molecule has 0 amide bonds. The maximum absolute atomic E-state index is 9.98. The lowest BCUT2D eigenvalue weighted by Crippen LogP contribution is -2.51. The first kappa shape index (κ1) is 11.5. The van der Waals surface area contributed by atoms with E-state index in [0.717, 1.165) is 0 Å². The molecule has 0 saturated heterocycles. The van der Waals surface area contributed by atoms with Crippen LogP contribution in [0, 0.1) is 0 Å². The number of hydrogen-bond acceptors (Lipinski definition) is 6. The highest BCUT2D eigenvalue weighted by Crippen LogP contribution is 2.00. The average Bonchev–Trinajstić information content (AvgIpc) is 2.12. The number of hydrogen-bond donors (Lipinski definition) is 5. The third kappa shape index (κ3) is 2.84. The van der Waals surface area contributed by atoms with Gasteiger partial charge in [0.25, 0.3) is 0 Å². The number of carbonyl (C=O) groups is 1. The molecule has 0 aliphatic rings. The Labute approximate surface area is 69.2 Å². The van der Waals surface area contributed by atoms with Crippen molar-refractivity contribution in [2.24, 2.45) is 5.73 Å². The van der Waals surface area contributed by atoms with Gasteiger partial charge in [0.05, 0.1) is 12.6 Å². The zero-order valence-electron chi connectivity index (χ0n) is 6.37. The number of aliphatic hydroxyl groups excluding tert-OH is 4. The van der Waals surface area contributed by atoms with Crippen molar-refractivity contribution in [2.45, 2.75) is 24.4 Å². The lowest BCUT2D eigenvalue weighted by atomic mass is 10.0. The average molecular weight is 179 g/mol. The summed E-state index contributed by atoms with van der Waals surface area (Å²) in [5.74, 6) is 0. The first-order valence-corrected chi connectivity index (χ1v) is 3.40. The molecule has 0 spiro atoms. The Morgan fingerprint density at radius 3 is 2.17 bits per heavy atom. The molecule has 0 unspecified atom stereocenters. The minimum absolute atomic E-state index is 0.151. The Balaban J connectivity index is 4.07. The molecule has 6 nitrogen and oxygen atoms in total. The van der Waals surface area contributed by atoms with Crippen LogP contribution in [0.3, 0.4) is 0 Å². The van der Waals surface area contributed by atoms with E-state index in [2.05, 4.69) is 0 Å². The summed E-state index contributed by atoms with van der Waals surface area (Å²) in [6, 6.07) is -1.29. The van der Waals surface area contributed by atoms with E-state index in [1.165, 1.54) is 0 Å². The first-order valence-electron chi connectivity index (χ1n) is 3.40. The molecule has 0 fully saturated rings. The molecular weight excluding hydrogens is 166 g/mol. The van der Waals surface area contributed by atoms with E-state index in [-0.39, 0.29) is 6.29 Å². The van der Waals surface area contributed by atoms with Gasteiger partial charge in [0.2, 0.25) is 0 Å². The molecular formula is C6H13NO5. The predicted octanol–water partition coefficient (Wildman–Crippen LogP) is -3.41. The molecule has 0 rings (SSSR count). The van der Waals surface area contributed by atoms with Crippen LogP contribution in [0.1, 0.15) is 0 Å². The van der Waals surface area contributed by atoms with Crippen LogP contribution < -0.4 is 5.73 Å². The van der Waals surface area contributed by atoms with Crippen LogP contribution >= 0.6 is 0 Å². The number of aldehydes is 1. The summed E-state index contributed by atoms with van der Waals surface area (Å²) < 4.78 is 0. The fourth-order valence-corrected chi connectivity index (χ4v) is 0.657. The summed E-state index contributed by atoms with van der Waals surface area (Å²) in [7, 11) is 0. The third-order valence-electron chi connectivity index (χ3n) is 1.51. The minimum atomic E-state index is -1.54. The molecule has 12 heavy (non-hydrogen) atoms. The predicted molar refractivity (Wildman–Crippen MR) is 39.1 cm³/mol. The van der Waals surface area contributed by atoms with Crippen molar-refractivity contribution in [3.8, 4) is 0 Å². The van der Waals surface area contributed by atoms with Gasteiger partial charge < -0.3 is 31.0 Å². The molecule has 0 aromatic rings. The largest absolute Gasteiger partial charge is 0.394 e. The van der Waals surface area contributed by atoms with Crippen molar-refractivity contribution in [3.63, 3.8) is 0 Å². The summed E-state index contributed by atoms with van der Waals surface area (Å²) in [6.07, 6.45) is -4.36. The Kier molecular flexibility index (Phi) is 4.95. The van der Waals surface area contributed by atoms with Gasteiger partial charge in [0.1, 0.15) is 24.6 Å². The molecule has 6 heteroatoms. The smallest absolute Gasteiger partial charge is 0.150 e. The molecule has 0 radical (unpaired) electrons. The van der Waals surface area contributed by atoms with Gasteiger partial charge in [-0.25, -0.2) is 0 Å². The van der Waals surface area contributed by atoms with Crippen LogP contribution in [0.5, 0.6) is 0 Å². The van der Waals surface area contributed by atoms with E-state index in [0.29, 0.717) is 0 Å². The maximum atomic E-state index is 9.98. The van der Waals surface area contributed by atoms with Crippen LogP contribution in [0.4, 0.5) is 0 Å². The number of carbonyl (C=O) groups excluding carboxylic acids is 1. The van der Waals surface area contributed by atoms with E-state index in [1.807, 2.05) is 0 Å². The van der Waals surface area contributed by atoms with E-state index < -0.39 is 31.0 Å². The summed E-state index contributed by atoms with van der Waals surface area (Å²) in [4.78, 5) is 9.98. The molecule has 0 heterocycles. The Bertz CT molecular complexity index is 142. The quantitative estimate of drug-likeness (QED) is 0.280. The van der Waals surface area contributed by atoms with E-state index >= 15 is 0 Å². The highest BCUT2D eigenvalue weighted by molar-refractivity contribution is 5.57. The van der Waals surface area contributed by atoms with Gasteiger partial charge in [-0.15, -0.1) is 0 Å². The van der Waals surface area contributed by atoms with Gasteiger partial charge in [0.15, 0.2) is 0 Å². The molecule has 4 atom stereocenters. The minimum Gasteiger partial charge on any atom is -0.394 e. The van der Waals surface area contributed by atoms with Crippen LogP contribution in [-0.4, -0.2) is 57.7 Å². The van der Waals surface area contributed by atoms with Crippen molar-refractivity contribution in [3.05, 3.63) is 0 Å². The highest BCUT2D eigenvalue weighted by atomic mass is 16.4. The van der Waals surface area contributed by atoms with Crippen LogP contribution in [0.15, 0.2) is 0 Å². The number of aliphatic hydroxyl groups is 4. The second kappa shape index (κ2) is 5.18. The molecule has 0 aromatic carbocycles. The van der Waals surface area contributed by atoms with Crippen LogP contribution in [0.2, 0.25) is 0 Å². The third-order valence-corrected chi connectivity index (χ3v) is 1.51. The summed E-state index contributed by atoms with van der Waals surface area (Å²) in [6.45, 7) is -0.680. The van der Waals surface area contributed by atoms with Crippen molar-refractivity contribution < 1.29 is 25.2 Å². The molecule has 0 aliphatic heterocycles. The van der Waals surface area contributed by atoms with Gasteiger partial charge >= 0.3 is 0 Å². The fourth-order valence-electron chi connectivity index (χ4n) is 0.657. The Hall–Kier alpha value is -0.530. The second-order valence-electron chi connectivity index (χ2n) is 2.44. The van der Waals surface area contributed by atoms with Crippen molar-refractivity contribution in [1.29, 1.82) is 0 Å². The molecule has 0 saturated carbocycles. The lowest BCUT2D eigenvalue weighted by Gasteiger charge is -2.23. The highest BCUT2D eigenvalue weighted by Gasteiger charge is 2.27. The normalized spacial score (nSPS) is 21.1.